The van der Waals surface area contributed by atoms with E-state index in [1.165, 1.54) is 25.7 Å². The molecule has 0 spiro atoms. The minimum absolute atomic E-state index is 0. The fourth-order valence-electron chi connectivity index (χ4n) is 8.27. The van der Waals surface area contributed by atoms with Gasteiger partial charge in [-0.15, -0.1) is 0 Å². The summed E-state index contributed by atoms with van der Waals surface area (Å²) in [5, 5.41) is 24.4. The van der Waals surface area contributed by atoms with E-state index in [1.807, 2.05) is 0 Å². The van der Waals surface area contributed by atoms with E-state index >= 15 is 0 Å². The Morgan fingerprint density at radius 2 is 1.59 bits per heavy atom. The van der Waals surface area contributed by atoms with Crippen LogP contribution in [-0.2, 0) is 9.59 Å². The van der Waals surface area contributed by atoms with Crippen LogP contribution in [0.4, 0.5) is 17.6 Å². The van der Waals surface area contributed by atoms with Crippen molar-refractivity contribution in [1.29, 1.82) is 0 Å². The van der Waals surface area contributed by atoms with Crippen molar-refractivity contribution in [3.8, 4) is 0 Å². The van der Waals surface area contributed by atoms with Crippen LogP contribution >= 0.6 is 0 Å². The standard InChI is InChI=1S/C22H34F4.C4H6O4.CH4O.Na/c1-21-11-10-18-17-8-5-16(22(24,25)26)13-14(17)4-7-19(18)20(21)9-6-15(21)3-2-12-23;5-3(6)1-2-4(7)8;1-2;/h14-20H,2-13H2,1H3;1-2H2,(H,5,6)(H,7,8);2H,1H3;/q;;;+1/p-1. The first-order valence-electron chi connectivity index (χ1n) is 13.5. The van der Waals surface area contributed by atoms with Crippen LogP contribution < -0.4 is 34.7 Å². The van der Waals surface area contributed by atoms with E-state index in [0.29, 0.717) is 48.3 Å². The first-order valence-corrected chi connectivity index (χ1v) is 13.5. The summed E-state index contributed by atoms with van der Waals surface area (Å²) < 4.78 is 52.2. The largest absolute Gasteiger partial charge is 1.00 e. The van der Waals surface area contributed by atoms with Crippen LogP contribution in [0, 0.1) is 46.8 Å². The molecule has 5 nitrogen and oxygen atoms in total. The molecule has 0 amide bonds. The molecule has 4 saturated carbocycles. The van der Waals surface area contributed by atoms with Gasteiger partial charge >= 0.3 is 41.7 Å². The Labute approximate surface area is 240 Å². The molecule has 0 heterocycles. The Morgan fingerprint density at radius 3 is 2.14 bits per heavy atom. The van der Waals surface area contributed by atoms with Crippen molar-refractivity contribution in [2.45, 2.75) is 96.6 Å². The molecule has 37 heavy (non-hydrogen) atoms. The number of aliphatic hydroxyl groups excluding tert-OH is 1. The van der Waals surface area contributed by atoms with E-state index in [-0.39, 0.29) is 42.7 Å². The van der Waals surface area contributed by atoms with Gasteiger partial charge in [0.15, 0.2) is 0 Å². The van der Waals surface area contributed by atoms with E-state index < -0.39 is 30.5 Å². The summed E-state index contributed by atoms with van der Waals surface area (Å²) in [5.74, 6) is 0.169. The van der Waals surface area contributed by atoms with Gasteiger partial charge in [-0.3, -0.25) is 9.18 Å². The third kappa shape index (κ3) is 8.81. The monoisotopic (exact) mass is 546 g/mol. The van der Waals surface area contributed by atoms with Crippen molar-refractivity contribution in [3.05, 3.63) is 0 Å². The summed E-state index contributed by atoms with van der Waals surface area (Å²) in [6.45, 7) is 2.25. The number of alkyl halides is 4. The summed E-state index contributed by atoms with van der Waals surface area (Å²) in [7, 11) is 1.00. The van der Waals surface area contributed by atoms with Gasteiger partial charge in [-0.2, -0.15) is 13.2 Å². The van der Waals surface area contributed by atoms with E-state index in [1.54, 1.807) is 0 Å². The van der Waals surface area contributed by atoms with Crippen molar-refractivity contribution < 1.29 is 72.0 Å². The van der Waals surface area contributed by atoms with Gasteiger partial charge in [-0.1, -0.05) is 6.92 Å². The molecule has 4 rings (SSSR count). The van der Waals surface area contributed by atoms with Crippen molar-refractivity contribution in [3.63, 3.8) is 0 Å². The molecule has 4 aliphatic carbocycles. The molecule has 0 aromatic carbocycles. The Balaban J connectivity index is 0.000000538. The number of carbonyl (C=O) groups is 2. The van der Waals surface area contributed by atoms with E-state index in [0.717, 1.165) is 44.6 Å². The SMILES string of the molecule is CC12CCC3C4CCC(C(F)(F)F)CC4CCC3C1CCC2CCCF.CO.O=C([O-])CCC(=O)O.[Na+]. The number of aliphatic carboxylic acids is 2. The third-order valence-electron chi connectivity index (χ3n) is 9.84. The average Bonchev–Trinajstić information content (AvgIpc) is 3.18. The number of hydrogen-bond donors (Lipinski definition) is 2. The molecule has 0 aliphatic heterocycles. The Morgan fingerprint density at radius 1 is 0.946 bits per heavy atom. The van der Waals surface area contributed by atoms with Crippen molar-refractivity contribution >= 4 is 11.9 Å². The van der Waals surface area contributed by atoms with Gasteiger partial charge in [0.25, 0.3) is 0 Å². The van der Waals surface area contributed by atoms with E-state index in [9.17, 15) is 32.3 Å². The van der Waals surface area contributed by atoms with Gasteiger partial charge in [-0.25, -0.2) is 0 Å². The fourth-order valence-corrected chi connectivity index (χ4v) is 8.27. The second-order valence-electron chi connectivity index (χ2n) is 11.4. The molecule has 2 N–H and O–H groups in total. The Bertz CT molecular complexity index is 707. The second kappa shape index (κ2) is 15.4. The molecule has 210 valence electrons. The molecule has 4 aliphatic rings. The maximum absolute atomic E-state index is 13.2. The quantitative estimate of drug-likeness (QED) is 0.394. The van der Waals surface area contributed by atoms with Crippen LogP contribution in [0.5, 0.6) is 0 Å². The molecule has 0 aromatic heterocycles. The van der Waals surface area contributed by atoms with Crippen LogP contribution in [0.1, 0.15) is 90.4 Å². The van der Waals surface area contributed by atoms with Gasteiger partial charge in [-0.05, 0) is 118 Å². The van der Waals surface area contributed by atoms with Crippen LogP contribution in [0.15, 0.2) is 0 Å². The van der Waals surface area contributed by atoms with Crippen molar-refractivity contribution in [1.82, 2.24) is 0 Å². The molecule has 0 radical (unpaired) electrons. The Kier molecular flexibility index (Phi) is 14.4. The van der Waals surface area contributed by atoms with Gasteiger partial charge in [0, 0.05) is 13.1 Å². The number of carbonyl (C=O) groups excluding carboxylic acids is 1. The third-order valence-corrected chi connectivity index (χ3v) is 9.84. The molecule has 0 saturated heterocycles. The number of carboxylic acids is 2. The van der Waals surface area contributed by atoms with Gasteiger partial charge in [0.05, 0.1) is 19.0 Å². The minimum atomic E-state index is -4.00. The number of rotatable bonds is 6. The predicted molar refractivity (Wildman–Crippen MR) is 125 cm³/mol. The van der Waals surface area contributed by atoms with Crippen molar-refractivity contribution in [2.24, 2.45) is 46.8 Å². The smallest absolute Gasteiger partial charge is 0.550 e. The zero-order valence-electron chi connectivity index (χ0n) is 22.6. The van der Waals surface area contributed by atoms with Crippen LogP contribution in [0.3, 0.4) is 0 Å². The molecule has 8 unspecified atom stereocenters. The predicted octanol–water partition coefficient (Wildman–Crippen LogP) is 2.40. The molecule has 10 heteroatoms. The summed E-state index contributed by atoms with van der Waals surface area (Å²) >= 11 is 0. The molecule has 8 atom stereocenters. The van der Waals surface area contributed by atoms with Crippen LogP contribution in [0.25, 0.3) is 0 Å². The number of aliphatic hydroxyl groups is 1. The molecule has 0 bridgehead atoms. The van der Waals surface area contributed by atoms with Crippen LogP contribution in [0.2, 0.25) is 0 Å². The second-order valence-corrected chi connectivity index (χ2v) is 11.4. The first kappa shape index (κ1) is 34.6. The summed E-state index contributed by atoms with van der Waals surface area (Å²) in [6, 6.07) is 0. The average molecular weight is 547 g/mol. The zero-order chi connectivity index (χ0) is 27.1. The zero-order valence-corrected chi connectivity index (χ0v) is 24.6. The summed E-state index contributed by atoms with van der Waals surface area (Å²) in [5.41, 5.74) is 0.367. The molecular formula is C27H43F4NaO5. The number of fused-ring (bicyclic) bond motifs is 5. The topological polar surface area (TPSA) is 97.7 Å². The molecule has 0 aromatic rings. The molecular weight excluding hydrogens is 503 g/mol. The van der Waals surface area contributed by atoms with Crippen molar-refractivity contribution in [2.75, 3.05) is 13.8 Å². The van der Waals surface area contributed by atoms with Gasteiger partial charge in [0.1, 0.15) is 0 Å². The summed E-state index contributed by atoms with van der Waals surface area (Å²) in [6.07, 6.45) is 5.62. The fraction of sp³-hybridized carbons (Fsp3) is 0.926. The maximum atomic E-state index is 13.2. The van der Waals surface area contributed by atoms with Gasteiger partial charge < -0.3 is 20.1 Å². The molecule has 4 fully saturated rings. The maximum Gasteiger partial charge on any atom is 1.00 e. The number of carboxylic acid groups (broad SMARTS) is 2. The first-order chi connectivity index (χ1) is 17.0. The normalized spacial score (nSPS) is 36.1. The van der Waals surface area contributed by atoms with E-state index in [2.05, 4.69) is 6.92 Å². The summed E-state index contributed by atoms with van der Waals surface area (Å²) in [4.78, 5) is 19.1. The minimum Gasteiger partial charge on any atom is -0.550 e. The number of halogens is 4. The van der Waals surface area contributed by atoms with Crippen LogP contribution in [-0.4, -0.2) is 42.1 Å². The van der Waals surface area contributed by atoms with Gasteiger partial charge in [0.2, 0.25) is 0 Å². The number of hydrogen-bond acceptors (Lipinski definition) is 4. The van der Waals surface area contributed by atoms with E-state index in [4.69, 9.17) is 10.2 Å². The Hall–Kier alpha value is -0.380.